The predicted octanol–water partition coefficient (Wildman–Crippen LogP) is 1.91. The van der Waals surface area contributed by atoms with E-state index in [0.29, 0.717) is 64.5 Å². The van der Waals surface area contributed by atoms with Crippen molar-refractivity contribution in [3.05, 3.63) is 46.5 Å². The monoisotopic (exact) mass is 443 g/mol. The van der Waals surface area contributed by atoms with Crippen LogP contribution >= 0.6 is 0 Å². The minimum atomic E-state index is -0.429. The topological polar surface area (TPSA) is 99.0 Å². The van der Waals surface area contributed by atoms with Gasteiger partial charge in [0, 0.05) is 59.3 Å². The average Bonchev–Trinajstić information content (AvgIpc) is 3.05. The summed E-state index contributed by atoms with van der Waals surface area (Å²) in [6.07, 6.45) is 2.06. The first kappa shape index (κ1) is 21.7. The molecule has 0 spiro atoms. The summed E-state index contributed by atoms with van der Waals surface area (Å²) >= 11 is 0. The van der Waals surface area contributed by atoms with Crippen molar-refractivity contribution in [2.75, 3.05) is 67.1 Å². The molecule has 1 aromatic heterocycles. The van der Waals surface area contributed by atoms with Crippen LogP contribution in [0.3, 0.4) is 0 Å². The Balaban J connectivity index is 1.55. The van der Waals surface area contributed by atoms with Crippen molar-refractivity contribution in [3.8, 4) is 0 Å². The average molecular weight is 443 g/mol. The minimum absolute atomic E-state index is 0.00236. The molecule has 2 aliphatic heterocycles. The second kappa shape index (κ2) is 9.33. The number of carbonyl (C=O) groups is 1. The number of halogens is 1. The van der Waals surface area contributed by atoms with Crippen LogP contribution in [-0.4, -0.2) is 78.1 Å². The zero-order valence-electron chi connectivity index (χ0n) is 18.0. The molecule has 170 valence electrons. The Hall–Kier alpha value is -3.50. The van der Waals surface area contributed by atoms with Crippen LogP contribution in [0.5, 0.6) is 0 Å². The fourth-order valence-corrected chi connectivity index (χ4v) is 4.30. The van der Waals surface area contributed by atoms with Crippen LogP contribution in [-0.2, 0) is 4.79 Å². The van der Waals surface area contributed by atoms with E-state index in [1.807, 2.05) is 14.7 Å². The van der Waals surface area contributed by atoms with Gasteiger partial charge in [-0.3, -0.25) is 14.9 Å². The Kier molecular flexibility index (Phi) is 6.33. The molecule has 1 amide bonds. The van der Waals surface area contributed by atoms with Crippen molar-refractivity contribution in [1.82, 2.24) is 14.9 Å². The van der Waals surface area contributed by atoms with Crippen LogP contribution in [0.2, 0.25) is 0 Å². The second-order valence-electron chi connectivity index (χ2n) is 7.90. The van der Waals surface area contributed by atoms with Crippen LogP contribution in [0.15, 0.2) is 30.6 Å². The maximum atomic E-state index is 14.1. The number of nitrogens with zero attached hydrogens (tertiary/aromatic N) is 7. The van der Waals surface area contributed by atoms with Gasteiger partial charge in [0.2, 0.25) is 17.5 Å². The minimum Gasteiger partial charge on any atom is -0.366 e. The molecule has 0 N–H and O–H groups in total. The quantitative estimate of drug-likeness (QED) is 0.522. The van der Waals surface area contributed by atoms with Gasteiger partial charge in [-0.1, -0.05) is 12.1 Å². The van der Waals surface area contributed by atoms with E-state index in [1.54, 1.807) is 23.1 Å². The van der Waals surface area contributed by atoms with Crippen molar-refractivity contribution >= 4 is 28.9 Å². The number of anilines is 3. The second-order valence-corrected chi connectivity index (χ2v) is 7.90. The highest BCUT2D eigenvalue weighted by atomic mass is 19.1. The van der Waals surface area contributed by atoms with E-state index in [4.69, 9.17) is 0 Å². The fourth-order valence-electron chi connectivity index (χ4n) is 4.30. The summed E-state index contributed by atoms with van der Waals surface area (Å²) in [5.41, 5.74) is 0.410. The normalized spacial score (nSPS) is 17.3. The van der Waals surface area contributed by atoms with Gasteiger partial charge in [0.25, 0.3) is 0 Å². The summed E-state index contributed by atoms with van der Waals surface area (Å²) in [6, 6.07) is 6.61. The molecule has 0 saturated carbocycles. The van der Waals surface area contributed by atoms with Crippen LogP contribution in [0, 0.1) is 15.9 Å². The van der Waals surface area contributed by atoms with Crippen LogP contribution in [0.4, 0.5) is 27.4 Å². The molecule has 4 rings (SSSR count). The lowest BCUT2D eigenvalue weighted by atomic mass is 10.2. The van der Waals surface area contributed by atoms with Crippen molar-refractivity contribution < 1.29 is 14.1 Å². The van der Waals surface area contributed by atoms with Gasteiger partial charge in [0.05, 0.1) is 10.6 Å². The zero-order chi connectivity index (χ0) is 22.7. The Morgan fingerprint density at radius 1 is 0.938 bits per heavy atom. The molecular formula is C21H26FN7O3. The molecule has 0 radical (unpaired) electrons. The first-order valence-electron chi connectivity index (χ1n) is 10.7. The molecule has 0 atom stereocenters. The number of rotatable bonds is 4. The molecule has 10 nitrogen and oxygen atoms in total. The van der Waals surface area contributed by atoms with Crippen LogP contribution in [0.1, 0.15) is 13.3 Å². The number of benzene rings is 1. The molecular weight excluding hydrogens is 417 g/mol. The van der Waals surface area contributed by atoms with Gasteiger partial charge in [0.1, 0.15) is 12.1 Å². The van der Waals surface area contributed by atoms with Crippen LogP contribution < -0.4 is 14.7 Å². The summed E-state index contributed by atoms with van der Waals surface area (Å²) in [5.74, 6) is 0.275. The number of nitro groups is 1. The molecule has 0 bridgehead atoms. The first-order valence-corrected chi connectivity index (χ1v) is 10.7. The third kappa shape index (κ3) is 4.41. The summed E-state index contributed by atoms with van der Waals surface area (Å²) < 4.78 is 14.1. The third-order valence-electron chi connectivity index (χ3n) is 5.98. The van der Waals surface area contributed by atoms with E-state index in [-0.39, 0.29) is 29.0 Å². The molecule has 11 heteroatoms. The highest BCUT2D eigenvalue weighted by molar-refractivity contribution is 5.74. The fraction of sp³-hybridized carbons (Fsp3) is 0.476. The number of amides is 1. The van der Waals surface area contributed by atoms with Crippen molar-refractivity contribution in [3.63, 3.8) is 0 Å². The molecule has 0 unspecified atom stereocenters. The maximum Gasteiger partial charge on any atom is 0.353 e. The van der Waals surface area contributed by atoms with E-state index >= 15 is 0 Å². The molecule has 3 heterocycles. The molecule has 2 aliphatic rings. The van der Waals surface area contributed by atoms with Crippen LogP contribution in [0.25, 0.3) is 0 Å². The number of para-hydroxylation sites is 1. The Morgan fingerprint density at radius 3 is 2.16 bits per heavy atom. The van der Waals surface area contributed by atoms with Gasteiger partial charge in [-0.25, -0.2) is 14.4 Å². The van der Waals surface area contributed by atoms with E-state index in [1.165, 1.54) is 19.3 Å². The molecule has 2 aromatic rings. The van der Waals surface area contributed by atoms with Crippen molar-refractivity contribution in [2.24, 2.45) is 0 Å². The Morgan fingerprint density at radius 2 is 1.53 bits per heavy atom. The summed E-state index contributed by atoms with van der Waals surface area (Å²) in [6.45, 7) is 5.68. The van der Waals surface area contributed by atoms with E-state index in [2.05, 4.69) is 9.97 Å². The number of carbonyl (C=O) groups excluding carboxylic acids is 1. The molecule has 32 heavy (non-hydrogen) atoms. The highest BCUT2D eigenvalue weighted by Gasteiger charge is 2.32. The van der Waals surface area contributed by atoms with Gasteiger partial charge in [-0.2, -0.15) is 0 Å². The van der Waals surface area contributed by atoms with Gasteiger partial charge >= 0.3 is 5.69 Å². The predicted molar refractivity (Wildman–Crippen MR) is 119 cm³/mol. The highest BCUT2D eigenvalue weighted by Crippen LogP contribution is 2.35. The standard InChI is InChI=1S/C21H26FN7O3/c1-16(30)25-7-4-8-27(12-9-25)20-19(29(31)32)21(24-15-23-20)28-13-10-26(11-14-28)18-6-3-2-5-17(18)22/h2-3,5-6,15H,4,7-14H2,1H3. The SMILES string of the molecule is CC(=O)N1CCCN(c2ncnc(N3CCN(c4ccccc4F)CC3)c2[N+](=O)[O-])CC1. The summed E-state index contributed by atoms with van der Waals surface area (Å²) in [4.78, 5) is 39.3. The van der Waals surface area contributed by atoms with E-state index in [0.717, 1.165) is 0 Å². The summed E-state index contributed by atoms with van der Waals surface area (Å²) in [5, 5.41) is 12.1. The number of hydrogen-bond donors (Lipinski definition) is 0. The Bertz CT molecular complexity index is 997. The Labute approximate surface area is 185 Å². The summed E-state index contributed by atoms with van der Waals surface area (Å²) in [7, 11) is 0. The third-order valence-corrected chi connectivity index (χ3v) is 5.98. The lowest BCUT2D eigenvalue weighted by molar-refractivity contribution is -0.383. The number of aromatic nitrogens is 2. The van der Waals surface area contributed by atoms with Gasteiger partial charge in [-0.05, 0) is 18.6 Å². The smallest absolute Gasteiger partial charge is 0.353 e. The number of hydrogen-bond acceptors (Lipinski definition) is 8. The lowest BCUT2D eigenvalue weighted by Crippen LogP contribution is -2.47. The van der Waals surface area contributed by atoms with Crippen molar-refractivity contribution in [2.45, 2.75) is 13.3 Å². The molecule has 0 aliphatic carbocycles. The molecule has 2 saturated heterocycles. The number of piperazine rings is 1. The maximum absolute atomic E-state index is 14.1. The van der Waals surface area contributed by atoms with Gasteiger partial charge < -0.3 is 19.6 Å². The van der Waals surface area contributed by atoms with Gasteiger partial charge in [0.15, 0.2) is 0 Å². The van der Waals surface area contributed by atoms with Crippen molar-refractivity contribution in [1.29, 1.82) is 0 Å². The van der Waals surface area contributed by atoms with Gasteiger partial charge in [-0.15, -0.1) is 0 Å². The largest absolute Gasteiger partial charge is 0.366 e. The zero-order valence-corrected chi connectivity index (χ0v) is 18.0. The molecule has 2 fully saturated rings. The van der Waals surface area contributed by atoms with E-state index in [9.17, 15) is 19.3 Å². The first-order chi connectivity index (χ1) is 15.5. The lowest BCUT2D eigenvalue weighted by Gasteiger charge is -2.36. The van der Waals surface area contributed by atoms with E-state index < -0.39 is 4.92 Å². The molecule has 1 aromatic carbocycles.